The van der Waals surface area contributed by atoms with Gasteiger partial charge in [0.2, 0.25) is 0 Å². The summed E-state index contributed by atoms with van der Waals surface area (Å²) in [5.41, 5.74) is 5.83. The van der Waals surface area contributed by atoms with Crippen LogP contribution in [0.25, 0.3) is 0 Å². The first kappa shape index (κ1) is 21.7. The lowest BCUT2D eigenvalue weighted by atomic mass is 10.1. The number of ether oxygens (including phenoxy) is 2. The molecule has 1 amide bonds. The molecule has 6 nitrogen and oxygen atoms in total. The van der Waals surface area contributed by atoms with Crippen molar-refractivity contribution in [1.29, 1.82) is 0 Å². The highest BCUT2D eigenvalue weighted by Crippen LogP contribution is 2.20. The fraction of sp³-hybridized carbons (Fsp3) is 0.333. The lowest BCUT2D eigenvalue weighted by Crippen LogP contribution is -2.40. The molecule has 0 saturated carbocycles. The number of halogens is 1. The van der Waals surface area contributed by atoms with E-state index in [4.69, 9.17) is 26.8 Å². The molecule has 7 heteroatoms. The highest BCUT2D eigenvalue weighted by Gasteiger charge is 2.31. The second-order valence-corrected chi connectivity index (χ2v) is 7.13. The van der Waals surface area contributed by atoms with Gasteiger partial charge in [-0.25, -0.2) is 4.79 Å². The first-order chi connectivity index (χ1) is 13.3. The molecule has 2 aromatic rings. The fourth-order valence-corrected chi connectivity index (χ4v) is 2.54. The van der Waals surface area contributed by atoms with Crippen LogP contribution in [0.5, 0.6) is 5.75 Å². The van der Waals surface area contributed by atoms with E-state index in [1.54, 1.807) is 50.2 Å². The Morgan fingerprint density at radius 2 is 1.71 bits per heavy atom. The fourth-order valence-electron chi connectivity index (χ4n) is 2.41. The first-order valence-corrected chi connectivity index (χ1v) is 9.38. The summed E-state index contributed by atoms with van der Waals surface area (Å²) in [7, 11) is 0. The Kier molecular flexibility index (Phi) is 7.84. The van der Waals surface area contributed by atoms with E-state index in [2.05, 4.69) is 5.32 Å². The van der Waals surface area contributed by atoms with Gasteiger partial charge in [-0.2, -0.15) is 0 Å². The van der Waals surface area contributed by atoms with Gasteiger partial charge in [-0.3, -0.25) is 4.79 Å². The second kappa shape index (κ2) is 10.1. The van der Waals surface area contributed by atoms with Crippen LogP contribution in [0.15, 0.2) is 48.5 Å². The third-order valence-corrected chi connectivity index (χ3v) is 4.20. The molecule has 2 aromatic carbocycles. The number of benzene rings is 2. The van der Waals surface area contributed by atoms with Crippen LogP contribution in [0.1, 0.15) is 29.8 Å². The van der Waals surface area contributed by atoms with Gasteiger partial charge in [0.05, 0.1) is 0 Å². The molecule has 0 aliphatic heterocycles. The molecule has 0 radical (unpaired) electrons. The molecule has 150 valence electrons. The number of hydrogen-bond acceptors (Lipinski definition) is 5. The summed E-state index contributed by atoms with van der Waals surface area (Å²) in [5, 5.41) is 3.46. The van der Waals surface area contributed by atoms with Crippen LogP contribution in [-0.2, 0) is 16.0 Å². The van der Waals surface area contributed by atoms with Crippen molar-refractivity contribution in [3.8, 4) is 5.75 Å². The van der Waals surface area contributed by atoms with E-state index in [1.165, 1.54) is 0 Å². The minimum Gasteiger partial charge on any atom is -0.476 e. The second-order valence-electron chi connectivity index (χ2n) is 6.69. The maximum absolute atomic E-state index is 12.1. The summed E-state index contributed by atoms with van der Waals surface area (Å²) in [4.78, 5) is 24.1. The van der Waals surface area contributed by atoms with E-state index in [0.717, 1.165) is 5.56 Å². The SMILES string of the molecule is CC(C)(Oc1ccc(CCNC(=O)c2ccc(Cl)cc2)cc1)C(=O)OCCN. The van der Waals surface area contributed by atoms with E-state index >= 15 is 0 Å². The maximum atomic E-state index is 12.1. The van der Waals surface area contributed by atoms with Crippen molar-refractivity contribution in [1.82, 2.24) is 5.32 Å². The number of carbonyl (C=O) groups is 2. The van der Waals surface area contributed by atoms with Gasteiger partial charge in [-0.05, 0) is 62.2 Å². The molecule has 0 spiro atoms. The van der Waals surface area contributed by atoms with Crippen LogP contribution >= 0.6 is 11.6 Å². The zero-order valence-corrected chi connectivity index (χ0v) is 16.8. The Balaban J connectivity index is 1.83. The van der Waals surface area contributed by atoms with E-state index in [9.17, 15) is 9.59 Å². The lowest BCUT2D eigenvalue weighted by Gasteiger charge is -2.24. The summed E-state index contributed by atoms with van der Waals surface area (Å²) >= 11 is 5.82. The molecule has 0 aliphatic rings. The van der Waals surface area contributed by atoms with E-state index < -0.39 is 11.6 Å². The predicted octanol–water partition coefficient (Wildman–Crippen LogP) is 2.97. The van der Waals surface area contributed by atoms with Crippen LogP contribution in [0.3, 0.4) is 0 Å². The largest absolute Gasteiger partial charge is 0.476 e. The number of esters is 1. The van der Waals surface area contributed by atoms with Gasteiger partial charge in [0.15, 0.2) is 5.60 Å². The van der Waals surface area contributed by atoms with Gasteiger partial charge in [0.1, 0.15) is 12.4 Å². The molecular formula is C21H25ClN2O4. The molecule has 28 heavy (non-hydrogen) atoms. The highest BCUT2D eigenvalue weighted by molar-refractivity contribution is 6.30. The van der Waals surface area contributed by atoms with Crippen molar-refractivity contribution in [2.75, 3.05) is 19.7 Å². The van der Waals surface area contributed by atoms with Crippen LogP contribution in [0, 0.1) is 0 Å². The minimum absolute atomic E-state index is 0.144. The quantitative estimate of drug-likeness (QED) is 0.627. The van der Waals surface area contributed by atoms with Gasteiger partial charge in [-0.1, -0.05) is 23.7 Å². The Labute approximate surface area is 170 Å². The third kappa shape index (κ3) is 6.55. The van der Waals surface area contributed by atoms with Crippen LogP contribution in [0.4, 0.5) is 0 Å². The monoisotopic (exact) mass is 404 g/mol. The molecule has 0 bridgehead atoms. The minimum atomic E-state index is -1.11. The number of hydrogen-bond donors (Lipinski definition) is 2. The molecule has 3 N–H and O–H groups in total. The molecule has 0 atom stereocenters. The smallest absolute Gasteiger partial charge is 0.349 e. The number of rotatable bonds is 9. The van der Waals surface area contributed by atoms with Gasteiger partial charge >= 0.3 is 5.97 Å². The standard InChI is InChI=1S/C21H25ClN2O4/c1-21(2,20(26)27-14-12-23)28-18-9-3-15(4-10-18)11-13-24-19(25)16-5-7-17(22)8-6-16/h3-10H,11-14,23H2,1-2H3,(H,24,25). The molecule has 0 aromatic heterocycles. The Morgan fingerprint density at radius 1 is 1.07 bits per heavy atom. The van der Waals surface area contributed by atoms with E-state index in [1.807, 2.05) is 12.1 Å². The molecule has 0 fully saturated rings. The molecule has 0 saturated heterocycles. The van der Waals surface area contributed by atoms with Gasteiger partial charge in [0, 0.05) is 23.7 Å². The van der Waals surface area contributed by atoms with Crippen LogP contribution in [0.2, 0.25) is 5.02 Å². The van der Waals surface area contributed by atoms with Gasteiger partial charge in [0.25, 0.3) is 5.91 Å². The average Bonchev–Trinajstić information content (AvgIpc) is 2.67. The zero-order valence-electron chi connectivity index (χ0n) is 16.0. The van der Waals surface area contributed by atoms with Crippen molar-refractivity contribution < 1.29 is 19.1 Å². The van der Waals surface area contributed by atoms with Crippen molar-refractivity contribution in [3.05, 3.63) is 64.7 Å². The lowest BCUT2D eigenvalue weighted by molar-refractivity contribution is -0.158. The molecule has 0 aliphatic carbocycles. The molecule has 2 rings (SSSR count). The summed E-state index contributed by atoms with van der Waals surface area (Å²) in [6, 6.07) is 14.1. The number of nitrogens with two attached hydrogens (primary N) is 1. The van der Waals surface area contributed by atoms with Crippen molar-refractivity contribution in [2.45, 2.75) is 25.9 Å². The van der Waals surface area contributed by atoms with E-state index in [0.29, 0.717) is 29.3 Å². The Morgan fingerprint density at radius 3 is 2.32 bits per heavy atom. The number of carbonyl (C=O) groups excluding carboxylic acids is 2. The number of nitrogens with one attached hydrogen (secondary N) is 1. The Hall–Kier alpha value is -2.57. The van der Waals surface area contributed by atoms with Crippen molar-refractivity contribution >= 4 is 23.5 Å². The third-order valence-electron chi connectivity index (χ3n) is 3.94. The summed E-state index contributed by atoms with van der Waals surface area (Å²) in [6.45, 7) is 4.22. The summed E-state index contributed by atoms with van der Waals surface area (Å²) in [6.07, 6.45) is 0.668. The molecule has 0 heterocycles. The average molecular weight is 405 g/mol. The molecular weight excluding hydrogens is 380 g/mol. The van der Waals surface area contributed by atoms with Crippen molar-refractivity contribution in [3.63, 3.8) is 0 Å². The molecule has 0 unspecified atom stereocenters. The Bertz CT molecular complexity index is 789. The maximum Gasteiger partial charge on any atom is 0.349 e. The van der Waals surface area contributed by atoms with Gasteiger partial charge in [-0.15, -0.1) is 0 Å². The van der Waals surface area contributed by atoms with Crippen LogP contribution in [-0.4, -0.2) is 37.2 Å². The first-order valence-electron chi connectivity index (χ1n) is 9.01. The summed E-state index contributed by atoms with van der Waals surface area (Å²) in [5.74, 6) is -0.0510. The topological polar surface area (TPSA) is 90.6 Å². The zero-order chi connectivity index (χ0) is 20.6. The highest BCUT2D eigenvalue weighted by atomic mass is 35.5. The predicted molar refractivity (Wildman–Crippen MR) is 109 cm³/mol. The van der Waals surface area contributed by atoms with Crippen LogP contribution < -0.4 is 15.8 Å². The van der Waals surface area contributed by atoms with Gasteiger partial charge < -0.3 is 20.5 Å². The summed E-state index contributed by atoms with van der Waals surface area (Å²) < 4.78 is 10.8. The van der Waals surface area contributed by atoms with E-state index in [-0.39, 0.29) is 19.1 Å². The normalized spacial score (nSPS) is 11.0. The van der Waals surface area contributed by atoms with Crippen molar-refractivity contribution in [2.24, 2.45) is 5.73 Å². The number of amides is 1.